The Kier molecular flexibility index (Phi) is 5.73. The second kappa shape index (κ2) is 8.03. The summed E-state index contributed by atoms with van der Waals surface area (Å²) in [6.45, 7) is 7.43. The molecule has 1 aliphatic rings. The highest BCUT2D eigenvalue weighted by Crippen LogP contribution is 2.44. The minimum absolute atomic E-state index is 0.0641. The largest absolute Gasteiger partial charge is 0.508 e. The van der Waals surface area contributed by atoms with Crippen molar-refractivity contribution in [1.82, 2.24) is 4.98 Å². The number of aryl methyl sites for hydroxylation is 1. The van der Waals surface area contributed by atoms with E-state index in [0.29, 0.717) is 30.7 Å². The highest BCUT2D eigenvalue weighted by Gasteiger charge is 2.46. The molecular weight excluding hydrogens is 371 g/mol. The number of benzene rings is 1. The summed E-state index contributed by atoms with van der Waals surface area (Å²) in [6, 6.07) is 6.35. The molecule has 3 rings (SSSR count). The lowest BCUT2D eigenvalue weighted by atomic mass is 9.83. The molecule has 2 unspecified atom stereocenters. The average Bonchev–Trinajstić information content (AvgIpc) is 3.16. The smallest absolute Gasteiger partial charge is 0.350 e. The molecule has 8 heteroatoms. The van der Waals surface area contributed by atoms with Crippen LogP contribution in [-0.4, -0.2) is 38.4 Å². The molecule has 6 nitrogen and oxygen atoms in total. The second-order valence-corrected chi connectivity index (χ2v) is 7.79. The topological polar surface area (TPSA) is 95.0 Å². The number of carboxylic acids is 1. The Morgan fingerprint density at radius 2 is 2.07 bits per heavy atom. The third-order valence-electron chi connectivity index (χ3n) is 5.05. The van der Waals surface area contributed by atoms with Crippen LogP contribution in [0.5, 0.6) is 5.75 Å². The summed E-state index contributed by atoms with van der Waals surface area (Å²) >= 11 is 0.833. The van der Waals surface area contributed by atoms with E-state index in [1.165, 1.54) is 0 Å². The number of carbonyl (C=O) groups is 1. The lowest BCUT2D eigenvalue weighted by Crippen LogP contribution is -2.19. The molecule has 142 valence electrons. The molecule has 1 aromatic carbocycles. The predicted octanol–water partition coefficient (Wildman–Crippen LogP) is 3.46. The van der Waals surface area contributed by atoms with Gasteiger partial charge in [-0.2, -0.15) is 4.39 Å². The third kappa shape index (κ3) is 4.10. The van der Waals surface area contributed by atoms with Crippen molar-refractivity contribution in [1.29, 1.82) is 0 Å². The van der Waals surface area contributed by atoms with Crippen LogP contribution in [0.2, 0.25) is 0 Å². The van der Waals surface area contributed by atoms with Gasteiger partial charge in [0.05, 0.1) is 11.1 Å². The fraction of sp³-hybridized carbons (Fsp3) is 0.421. The van der Waals surface area contributed by atoms with E-state index in [1.807, 2.05) is 0 Å². The van der Waals surface area contributed by atoms with Crippen LogP contribution in [0.3, 0.4) is 0 Å². The van der Waals surface area contributed by atoms with Crippen LogP contribution in [0.1, 0.15) is 45.4 Å². The molecule has 1 heterocycles. The molecule has 0 saturated heterocycles. The summed E-state index contributed by atoms with van der Waals surface area (Å²) in [4.78, 5) is 17.9. The Morgan fingerprint density at radius 3 is 2.67 bits per heavy atom. The van der Waals surface area contributed by atoms with Gasteiger partial charge in [0.2, 0.25) is 12.0 Å². The molecule has 0 radical (unpaired) electrons. The van der Waals surface area contributed by atoms with Crippen LogP contribution in [0, 0.1) is 18.4 Å². The Hall–Kier alpha value is -2.50. The summed E-state index contributed by atoms with van der Waals surface area (Å²) in [5, 5.41) is 29.3. The number of phenolic OH excluding ortho intramolecular Hbond substituents is 1. The number of aromatic nitrogens is 1. The maximum absolute atomic E-state index is 13.5. The van der Waals surface area contributed by atoms with Gasteiger partial charge in [0.1, 0.15) is 5.75 Å². The average molecular weight is 390 g/mol. The van der Waals surface area contributed by atoms with Crippen molar-refractivity contribution in [2.24, 2.45) is 5.92 Å². The van der Waals surface area contributed by atoms with Gasteiger partial charge in [-0.1, -0.05) is 12.1 Å². The number of aromatic hydroxyl groups is 1. The van der Waals surface area contributed by atoms with E-state index in [2.05, 4.69) is 9.83 Å². The quantitative estimate of drug-likeness (QED) is 0.657. The highest BCUT2D eigenvalue weighted by atomic mass is 32.1. The van der Waals surface area contributed by atoms with E-state index in [9.17, 15) is 19.4 Å². The van der Waals surface area contributed by atoms with Crippen molar-refractivity contribution in [3.63, 3.8) is 0 Å². The molecule has 1 aromatic heterocycles. The number of phenols is 1. The maximum Gasteiger partial charge on any atom is 0.350 e. The fourth-order valence-corrected chi connectivity index (χ4v) is 4.68. The highest BCUT2D eigenvalue weighted by molar-refractivity contribution is 7.13. The first kappa shape index (κ1) is 19.3. The monoisotopic (exact) mass is 390 g/mol. The van der Waals surface area contributed by atoms with Crippen LogP contribution in [0.25, 0.3) is 4.85 Å². The normalized spacial score (nSPS) is 24.6. The van der Waals surface area contributed by atoms with Crippen molar-refractivity contribution in [2.75, 3.05) is 0 Å². The fourth-order valence-electron chi connectivity index (χ4n) is 3.85. The van der Waals surface area contributed by atoms with Gasteiger partial charge in [-0.25, -0.2) is 16.4 Å². The number of rotatable bonds is 6. The van der Waals surface area contributed by atoms with Gasteiger partial charge in [-0.15, -0.1) is 11.3 Å². The zero-order valence-corrected chi connectivity index (χ0v) is 15.2. The maximum atomic E-state index is 13.5. The summed E-state index contributed by atoms with van der Waals surface area (Å²) in [5.74, 6) is -2.40. The Bertz CT molecular complexity index is 862. The van der Waals surface area contributed by atoms with Gasteiger partial charge >= 0.3 is 5.97 Å². The molecule has 0 amide bonds. The molecule has 27 heavy (non-hydrogen) atoms. The van der Waals surface area contributed by atoms with Gasteiger partial charge in [-0.05, 0) is 37.0 Å². The molecule has 1 saturated carbocycles. The SMILES string of the molecule is [C-]#[N+][C@@H]1C[C@@H](O)C(c2ccc(O)cc2)C1CCCc1nc(F)c(C(=O)O)s1. The van der Waals surface area contributed by atoms with Crippen molar-refractivity contribution in [2.45, 2.75) is 43.7 Å². The van der Waals surface area contributed by atoms with Crippen LogP contribution in [0.15, 0.2) is 24.3 Å². The number of hydrogen-bond acceptors (Lipinski definition) is 5. The van der Waals surface area contributed by atoms with E-state index in [0.717, 1.165) is 16.9 Å². The molecule has 2 aromatic rings. The first-order valence-corrected chi connectivity index (χ1v) is 9.44. The number of aliphatic hydroxyl groups is 1. The zero-order chi connectivity index (χ0) is 19.6. The lowest BCUT2D eigenvalue weighted by molar-refractivity contribution is 0.0697. The summed E-state index contributed by atoms with van der Waals surface area (Å²) in [7, 11) is 0. The summed E-state index contributed by atoms with van der Waals surface area (Å²) in [6.07, 6.45) is 1.45. The lowest BCUT2D eigenvalue weighted by Gasteiger charge is -2.22. The number of halogens is 1. The summed E-state index contributed by atoms with van der Waals surface area (Å²) < 4.78 is 13.5. The predicted molar refractivity (Wildman–Crippen MR) is 97.3 cm³/mol. The molecule has 0 spiro atoms. The zero-order valence-electron chi connectivity index (χ0n) is 14.4. The first-order chi connectivity index (χ1) is 12.9. The van der Waals surface area contributed by atoms with Crippen LogP contribution in [0.4, 0.5) is 4.39 Å². The summed E-state index contributed by atoms with van der Waals surface area (Å²) in [5.41, 5.74) is 0.880. The van der Waals surface area contributed by atoms with E-state index in [1.54, 1.807) is 24.3 Å². The molecule has 3 N–H and O–H groups in total. The van der Waals surface area contributed by atoms with E-state index in [-0.39, 0.29) is 28.5 Å². The minimum atomic E-state index is -1.32. The number of thiazole rings is 1. The molecule has 4 atom stereocenters. The van der Waals surface area contributed by atoms with Crippen LogP contribution < -0.4 is 0 Å². The second-order valence-electron chi connectivity index (χ2n) is 6.71. The number of hydrogen-bond donors (Lipinski definition) is 3. The molecule has 0 bridgehead atoms. The Morgan fingerprint density at radius 1 is 1.37 bits per heavy atom. The van der Waals surface area contributed by atoms with Crippen LogP contribution >= 0.6 is 11.3 Å². The molecular formula is C19H19FN2O4S. The Labute approximate surface area is 159 Å². The third-order valence-corrected chi connectivity index (χ3v) is 6.13. The van der Waals surface area contributed by atoms with Crippen molar-refractivity contribution < 1.29 is 24.5 Å². The first-order valence-electron chi connectivity index (χ1n) is 8.62. The van der Waals surface area contributed by atoms with Gasteiger partial charge in [0.15, 0.2) is 4.88 Å². The number of carboxylic acid groups (broad SMARTS) is 1. The van der Waals surface area contributed by atoms with Gasteiger partial charge in [0.25, 0.3) is 0 Å². The van der Waals surface area contributed by atoms with Crippen LogP contribution in [-0.2, 0) is 6.42 Å². The molecule has 1 fully saturated rings. The molecule has 1 aliphatic carbocycles. The van der Waals surface area contributed by atoms with Gasteiger partial charge < -0.3 is 20.2 Å². The minimum Gasteiger partial charge on any atom is -0.508 e. The van der Waals surface area contributed by atoms with E-state index < -0.39 is 18.0 Å². The van der Waals surface area contributed by atoms with Crippen molar-refractivity contribution in [3.8, 4) is 5.75 Å². The van der Waals surface area contributed by atoms with E-state index in [4.69, 9.17) is 11.7 Å². The standard InChI is InChI=1S/C19H19FN2O4S/c1-21-13-9-14(24)16(10-5-7-11(23)8-6-10)12(13)3-2-4-15-22-18(20)17(27-15)19(25)26/h5-8,12-14,16,23-24H,2-4,9H2,(H,25,26)/t12?,13-,14-,16?/m1/s1. The van der Waals surface area contributed by atoms with Crippen molar-refractivity contribution in [3.05, 3.63) is 57.1 Å². The van der Waals surface area contributed by atoms with Gasteiger partial charge in [-0.3, -0.25) is 0 Å². The number of aromatic carboxylic acids is 1. The number of aliphatic hydroxyl groups excluding tert-OH is 1. The van der Waals surface area contributed by atoms with Gasteiger partial charge in [0, 0.05) is 18.3 Å². The number of nitrogens with zero attached hydrogens (tertiary/aromatic N) is 2. The van der Waals surface area contributed by atoms with Crippen molar-refractivity contribution >= 4 is 17.3 Å². The Balaban J connectivity index is 1.70. The van der Waals surface area contributed by atoms with E-state index >= 15 is 0 Å². The molecule has 0 aliphatic heterocycles.